The van der Waals surface area contributed by atoms with E-state index in [9.17, 15) is 19.8 Å². The third kappa shape index (κ3) is 9.32. The number of nitrogens with zero attached hydrogens (tertiary/aromatic N) is 1. The molecule has 2 rings (SSSR count). The van der Waals surface area contributed by atoms with E-state index in [0.29, 0.717) is 42.0 Å². The zero-order valence-corrected chi connectivity index (χ0v) is 27.7. The quantitative estimate of drug-likeness (QED) is 0.126. The second-order valence-electron chi connectivity index (χ2n) is 12.7. The number of nitrogens with two attached hydrogens (primary N) is 2. The summed E-state index contributed by atoms with van der Waals surface area (Å²) in [6.07, 6.45) is 12.7. The van der Waals surface area contributed by atoms with Gasteiger partial charge in [0, 0.05) is 36.1 Å². The largest absolute Gasteiger partial charge is 0.491 e. The Kier molecular flexibility index (Phi) is 14.3. The molecule has 2 atom stereocenters. The van der Waals surface area contributed by atoms with E-state index in [-0.39, 0.29) is 29.3 Å². The molecular weight excluding hydrogens is 542 g/mol. The number of ether oxygens (including phenoxy) is 1. The molecule has 1 heterocycles. The number of aliphatic carboxylic acids is 2. The van der Waals surface area contributed by atoms with Crippen molar-refractivity contribution in [2.75, 3.05) is 7.05 Å². The van der Waals surface area contributed by atoms with Crippen molar-refractivity contribution < 1.29 is 24.5 Å². The number of allylic oxidation sites excluding steroid dienone is 2. The summed E-state index contributed by atoms with van der Waals surface area (Å²) in [6.45, 7) is 11.2. The molecule has 0 fully saturated rings. The third-order valence-electron chi connectivity index (χ3n) is 8.95. The summed E-state index contributed by atoms with van der Waals surface area (Å²) in [5.41, 5.74) is 14.0. The normalized spacial score (nSPS) is 16.6. The van der Waals surface area contributed by atoms with Gasteiger partial charge in [0.2, 0.25) is 0 Å². The van der Waals surface area contributed by atoms with Gasteiger partial charge in [0.15, 0.2) is 0 Å². The highest BCUT2D eigenvalue weighted by molar-refractivity contribution is 6.01. The van der Waals surface area contributed by atoms with Gasteiger partial charge in [0.1, 0.15) is 5.75 Å². The lowest BCUT2D eigenvalue weighted by Crippen LogP contribution is -2.44. The maximum Gasteiger partial charge on any atom is 0.334 e. The first-order valence-corrected chi connectivity index (χ1v) is 16.2. The van der Waals surface area contributed by atoms with Gasteiger partial charge in [-0.3, -0.25) is 0 Å². The molecule has 0 saturated heterocycles. The molecule has 0 saturated carbocycles. The van der Waals surface area contributed by atoms with Crippen LogP contribution in [-0.2, 0) is 21.4 Å². The van der Waals surface area contributed by atoms with Gasteiger partial charge in [-0.15, -0.1) is 0 Å². The van der Waals surface area contributed by atoms with E-state index >= 15 is 0 Å². The summed E-state index contributed by atoms with van der Waals surface area (Å²) in [6, 6.07) is 5.51. The Labute approximate surface area is 259 Å². The van der Waals surface area contributed by atoms with Crippen LogP contribution in [0.1, 0.15) is 123 Å². The van der Waals surface area contributed by atoms with Crippen LogP contribution in [0.2, 0.25) is 0 Å². The van der Waals surface area contributed by atoms with E-state index < -0.39 is 17.4 Å². The number of rotatable bonds is 19. The van der Waals surface area contributed by atoms with Crippen LogP contribution < -0.4 is 16.2 Å². The van der Waals surface area contributed by atoms with Gasteiger partial charge in [-0.1, -0.05) is 70.4 Å². The zero-order valence-electron chi connectivity index (χ0n) is 27.7. The summed E-state index contributed by atoms with van der Waals surface area (Å²) >= 11 is 0. The molecule has 1 aromatic carbocycles. The first-order valence-electron chi connectivity index (χ1n) is 16.2. The molecule has 242 valence electrons. The molecule has 43 heavy (non-hydrogen) atoms. The van der Waals surface area contributed by atoms with Gasteiger partial charge >= 0.3 is 11.9 Å². The highest BCUT2D eigenvalue weighted by atomic mass is 16.5. The molecule has 0 aliphatic carbocycles. The predicted octanol–water partition coefficient (Wildman–Crippen LogP) is 6.90. The fraction of sp³-hybridized carbons (Fsp3) is 0.657. The predicted molar refractivity (Wildman–Crippen MR) is 174 cm³/mol. The van der Waals surface area contributed by atoms with Crippen LogP contribution in [0.5, 0.6) is 5.75 Å². The first-order chi connectivity index (χ1) is 20.3. The van der Waals surface area contributed by atoms with Crippen molar-refractivity contribution >= 4 is 11.9 Å². The van der Waals surface area contributed by atoms with E-state index in [1.54, 1.807) is 38.8 Å². The molecule has 0 aromatic heterocycles. The number of carboxylic acids is 2. The standard InChI is InChI=1S/C35H57N3O5/c1-8-9-10-11-12-13-14-15-18-27(36)22-28(37)21-20-26-17-16-19-29(43-23(2)3)32(26)35(6)30(33(39)40)24(4)38(7)25(5)31(35)34(41)42/h16-17,19,23,27-28H,8-15,18,20-22,36-37H2,1-7H3,(H,39,40)(H,41,42). The summed E-state index contributed by atoms with van der Waals surface area (Å²) in [5.74, 6) is -1.84. The van der Waals surface area contributed by atoms with Crippen LogP contribution in [-0.4, -0.2) is 52.3 Å². The Balaban J connectivity index is 2.31. The van der Waals surface area contributed by atoms with E-state index in [1.807, 2.05) is 26.0 Å². The number of hydrogen-bond acceptors (Lipinski definition) is 6. The van der Waals surface area contributed by atoms with Crippen LogP contribution in [0.3, 0.4) is 0 Å². The minimum absolute atomic E-state index is 0.0238. The highest BCUT2D eigenvalue weighted by Crippen LogP contribution is 2.51. The van der Waals surface area contributed by atoms with Gasteiger partial charge in [0.05, 0.1) is 22.7 Å². The van der Waals surface area contributed by atoms with Crippen molar-refractivity contribution in [3.05, 3.63) is 51.9 Å². The van der Waals surface area contributed by atoms with Crippen LogP contribution in [0.25, 0.3) is 0 Å². The number of benzene rings is 1. The van der Waals surface area contributed by atoms with Crippen molar-refractivity contribution in [2.45, 2.75) is 142 Å². The summed E-state index contributed by atoms with van der Waals surface area (Å²) in [4.78, 5) is 27.3. The first kappa shape index (κ1) is 36.4. The van der Waals surface area contributed by atoms with E-state index in [4.69, 9.17) is 16.2 Å². The lowest BCUT2D eigenvalue weighted by atomic mass is 9.65. The van der Waals surface area contributed by atoms with Crippen molar-refractivity contribution in [3.63, 3.8) is 0 Å². The molecule has 0 radical (unpaired) electrons. The van der Waals surface area contributed by atoms with Crippen LogP contribution in [0.4, 0.5) is 0 Å². The Bertz CT molecular complexity index is 1120. The van der Waals surface area contributed by atoms with Crippen LogP contribution in [0.15, 0.2) is 40.7 Å². The lowest BCUT2D eigenvalue weighted by molar-refractivity contribution is -0.134. The Morgan fingerprint density at radius 3 is 1.91 bits per heavy atom. The number of carboxylic acid groups (broad SMARTS) is 2. The maximum atomic E-state index is 12.8. The van der Waals surface area contributed by atoms with Crippen LogP contribution >= 0.6 is 0 Å². The zero-order chi connectivity index (χ0) is 32.3. The van der Waals surface area contributed by atoms with Gasteiger partial charge in [-0.05, 0) is 71.9 Å². The summed E-state index contributed by atoms with van der Waals surface area (Å²) in [7, 11) is 1.70. The maximum absolute atomic E-state index is 12.8. The van der Waals surface area contributed by atoms with Crippen molar-refractivity contribution in [2.24, 2.45) is 11.5 Å². The molecule has 8 heteroatoms. The number of hydrogen-bond donors (Lipinski definition) is 4. The monoisotopic (exact) mass is 599 g/mol. The van der Waals surface area contributed by atoms with Crippen molar-refractivity contribution in [3.8, 4) is 5.75 Å². The minimum atomic E-state index is -1.46. The molecule has 1 aliphatic rings. The topological polar surface area (TPSA) is 139 Å². The second-order valence-corrected chi connectivity index (χ2v) is 12.7. The number of carbonyl (C=O) groups is 2. The fourth-order valence-electron chi connectivity index (χ4n) is 6.63. The Morgan fingerprint density at radius 2 is 1.40 bits per heavy atom. The SMILES string of the molecule is CCCCCCCCCCC(N)CC(N)CCc1cccc(OC(C)C)c1C1(C)C(C(=O)O)=C(C)N(C)C(C)=C1C(=O)O. The van der Waals surface area contributed by atoms with Gasteiger partial charge in [-0.25, -0.2) is 9.59 Å². The molecule has 0 bridgehead atoms. The molecule has 6 N–H and O–H groups in total. The Morgan fingerprint density at radius 1 is 0.884 bits per heavy atom. The van der Waals surface area contributed by atoms with Crippen LogP contribution in [0, 0.1) is 0 Å². The highest BCUT2D eigenvalue weighted by Gasteiger charge is 2.50. The van der Waals surface area contributed by atoms with E-state index in [1.165, 1.54) is 44.9 Å². The molecule has 0 amide bonds. The molecule has 8 nitrogen and oxygen atoms in total. The minimum Gasteiger partial charge on any atom is -0.491 e. The fourth-order valence-corrected chi connectivity index (χ4v) is 6.63. The average Bonchev–Trinajstić information content (AvgIpc) is 2.91. The molecular formula is C35H57N3O5. The van der Waals surface area contributed by atoms with Gasteiger partial charge in [0.25, 0.3) is 0 Å². The van der Waals surface area contributed by atoms with E-state index in [2.05, 4.69) is 6.92 Å². The smallest absolute Gasteiger partial charge is 0.334 e. The second kappa shape index (κ2) is 16.9. The summed E-state index contributed by atoms with van der Waals surface area (Å²) in [5, 5.41) is 20.9. The molecule has 2 unspecified atom stereocenters. The lowest BCUT2D eigenvalue weighted by Gasteiger charge is -2.43. The molecule has 0 spiro atoms. The molecule has 1 aliphatic heterocycles. The average molecular weight is 600 g/mol. The number of aryl methyl sites for hydroxylation is 1. The molecule has 1 aromatic rings. The van der Waals surface area contributed by atoms with Crippen molar-refractivity contribution in [1.29, 1.82) is 0 Å². The van der Waals surface area contributed by atoms with Gasteiger partial charge in [-0.2, -0.15) is 0 Å². The van der Waals surface area contributed by atoms with Crippen molar-refractivity contribution in [1.82, 2.24) is 4.90 Å². The Hall–Kier alpha value is -2.84. The third-order valence-corrected chi connectivity index (χ3v) is 8.95. The summed E-state index contributed by atoms with van der Waals surface area (Å²) < 4.78 is 6.22. The number of unbranched alkanes of at least 4 members (excludes halogenated alkanes) is 7. The van der Waals surface area contributed by atoms with Gasteiger partial charge < -0.3 is 31.3 Å². The van der Waals surface area contributed by atoms with E-state index in [0.717, 1.165) is 18.4 Å².